The second kappa shape index (κ2) is 4.06. The maximum atomic E-state index is 11.7. The molecule has 0 radical (unpaired) electrons. The van der Waals surface area contributed by atoms with E-state index in [9.17, 15) is 9.59 Å². The van der Waals surface area contributed by atoms with E-state index in [1.54, 1.807) is 7.05 Å². The lowest BCUT2D eigenvalue weighted by molar-refractivity contribution is 0.652. The number of hydrogen-bond acceptors (Lipinski definition) is 5. The number of imidazole rings is 1. The van der Waals surface area contributed by atoms with Crippen LogP contribution in [0.1, 0.15) is 13.3 Å². The monoisotopic (exact) mass is 238 g/mol. The molecule has 0 aliphatic heterocycles. The number of aryl methyl sites for hydroxylation is 2. The number of H-pyrrole nitrogens is 1. The summed E-state index contributed by atoms with van der Waals surface area (Å²) in [5.74, 6) is 5.63. The molecule has 2 rings (SSSR count). The Hall–Kier alpha value is -2.09. The lowest BCUT2D eigenvalue weighted by Crippen LogP contribution is -2.30. The van der Waals surface area contributed by atoms with Gasteiger partial charge >= 0.3 is 5.69 Å². The molecule has 0 aliphatic rings. The van der Waals surface area contributed by atoms with Crippen LogP contribution >= 0.6 is 0 Å². The zero-order valence-corrected chi connectivity index (χ0v) is 9.65. The summed E-state index contributed by atoms with van der Waals surface area (Å²) in [5.41, 5.74) is 2.14. The first kappa shape index (κ1) is 11.4. The van der Waals surface area contributed by atoms with Gasteiger partial charge in [-0.05, 0) is 6.42 Å². The number of hydrogen-bond donors (Lipinski definition) is 3. The van der Waals surface area contributed by atoms with Crippen molar-refractivity contribution in [2.75, 3.05) is 5.43 Å². The fourth-order valence-electron chi connectivity index (χ4n) is 1.81. The van der Waals surface area contributed by atoms with Crippen molar-refractivity contribution in [2.45, 2.75) is 19.9 Å². The molecular formula is C9H14N6O2. The molecule has 0 unspecified atom stereocenters. The van der Waals surface area contributed by atoms with E-state index < -0.39 is 11.2 Å². The summed E-state index contributed by atoms with van der Waals surface area (Å²) in [7, 11) is 1.65. The van der Waals surface area contributed by atoms with Crippen molar-refractivity contribution in [1.82, 2.24) is 19.1 Å². The number of aromatic nitrogens is 4. The molecule has 0 spiro atoms. The summed E-state index contributed by atoms with van der Waals surface area (Å²) in [6.07, 6.45) is 0.767. The Labute approximate surface area is 96.0 Å². The third kappa shape index (κ3) is 1.62. The van der Waals surface area contributed by atoms with Crippen LogP contribution in [-0.2, 0) is 13.6 Å². The first-order valence-corrected chi connectivity index (χ1v) is 5.26. The zero-order chi connectivity index (χ0) is 12.6. The van der Waals surface area contributed by atoms with Gasteiger partial charge in [-0.3, -0.25) is 19.8 Å². The van der Waals surface area contributed by atoms with Crippen LogP contribution in [0.5, 0.6) is 0 Å². The van der Waals surface area contributed by atoms with Gasteiger partial charge in [0, 0.05) is 13.6 Å². The first-order chi connectivity index (χ1) is 8.10. The van der Waals surface area contributed by atoms with Gasteiger partial charge in [-0.25, -0.2) is 10.6 Å². The first-order valence-electron chi connectivity index (χ1n) is 5.26. The summed E-state index contributed by atoms with van der Waals surface area (Å²) in [5, 5.41) is 0. The van der Waals surface area contributed by atoms with E-state index in [-0.39, 0.29) is 0 Å². The van der Waals surface area contributed by atoms with Crippen LogP contribution in [0.25, 0.3) is 11.2 Å². The Morgan fingerprint density at radius 1 is 1.47 bits per heavy atom. The molecule has 0 bridgehead atoms. The number of nitrogens with zero attached hydrogens (tertiary/aromatic N) is 3. The smallest absolute Gasteiger partial charge is 0.306 e. The number of nitrogens with one attached hydrogen (secondary N) is 2. The molecule has 0 saturated heterocycles. The van der Waals surface area contributed by atoms with Gasteiger partial charge in [0.05, 0.1) is 0 Å². The molecule has 8 nitrogen and oxygen atoms in total. The van der Waals surface area contributed by atoms with Crippen molar-refractivity contribution in [1.29, 1.82) is 0 Å². The fraction of sp³-hybridized carbons (Fsp3) is 0.444. The van der Waals surface area contributed by atoms with Gasteiger partial charge in [-0.1, -0.05) is 6.92 Å². The quantitative estimate of drug-likeness (QED) is 0.475. The highest BCUT2D eigenvalue weighted by Gasteiger charge is 2.15. The molecule has 2 aromatic heterocycles. The second-order valence-electron chi connectivity index (χ2n) is 3.72. The number of anilines is 1. The van der Waals surface area contributed by atoms with Crippen molar-refractivity contribution in [2.24, 2.45) is 12.9 Å². The molecule has 0 aromatic carbocycles. The summed E-state index contributed by atoms with van der Waals surface area (Å²) < 4.78 is 2.94. The topological polar surface area (TPSA) is 111 Å². The zero-order valence-electron chi connectivity index (χ0n) is 9.65. The Morgan fingerprint density at radius 2 is 2.18 bits per heavy atom. The summed E-state index contributed by atoms with van der Waals surface area (Å²) in [6, 6.07) is 0. The Bertz CT molecular complexity index is 664. The third-order valence-electron chi connectivity index (χ3n) is 2.59. The maximum Gasteiger partial charge on any atom is 0.330 e. The van der Waals surface area contributed by atoms with E-state index in [0.717, 1.165) is 6.42 Å². The van der Waals surface area contributed by atoms with Gasteiger partial charge in [-0.2, -0.15) is 4.98 Å². The van der Waals surface area contributed by atoms with Gasteiger partial charge < -0.3 is 4.57 Å². The van der Waals surface area contributed by atoms with E-state index >= 15 is 0 Å². The molecule has 0 amide bonds. The van der Waals surface area contributed by atoms with E-state index in [1.807, 2.05) is 6.92 Å². The molecule has 4 N–H and O–H groups in total. The van der Waals surface area contributed by atoms with E-state index in [4.69, 9.17) is 5.84 Å². The summed E-state index contributed by atoms with van der Waals surface area (Å²) in [4.78, 5) is 29.8. The minimum absolute atomic E-state index is 0.325. The maximum absolute atomic E-state index is 11.7. The number of fused-ring (bicyclic) bond motifs is 1. The average Bonchev–Trinajstić information content (AvgIpc) is 2.62. The Morgan fingerprint density at radius 3 is 2.76 bits per heavy atom. The van der Waals surface area contributed by atoms with Gasteiger partial charge in [0.2, 0.25) is 5.95 Å². The van der Waals surface area contributed by atoms with Gasteiger partial charge in [0.25, 0.3) is 5.56 Å². The largest absolute Gasteiger partial charge is 0.330 e. The van der Waals surface area contributed by atoms with Crippen LogP contribution < -0.4 is 22.5 Å². The predicted octanol–water partition coefficient (Wildman–Crippen LogP) is -0.881. The van der Waals surface area contributed by atoms with Crippen molar-refractivity contribution in [3.8, 4) is 0 Å². The minimum Gasteiger partial charge on any atom is -0.306 e. The highest BCUT2D eigenvalue weighted by molar-refractivity contribution is 5.73. The minimum atomic E-state index is -0.464. The van der Waals surface area contributed by atoms with Crippen LogP contribution in [0.4, 0.5) is 5.95 Å². The lowest BCUT2D eigenvalue weighted by atomic mass is 10.4. The number of nitrogens with two attached hydrogens (primary N) is 1. The van der Waals surface area contributed by atoms with Crippen molar-refractivity contribution >= 4 is 17.1 Å². The van der Waals surface area contributed by atoms with Crippen molar-refractivity contribution < 1.29 is 0 Å². The van der Waals surface area contributed by atoms with Crippen LogP contribution in [0, 0.1) is 0 Å². The van der Waals surface area contributed by atoms with E-state index in [0.29, 0.717) is 23.7 Å². The highest BCUT2D eigenvalue weighted by Crippen LogP contribution is 2.12. The molecular weight excluding hydrogens is 224 g/mol. The lowest BCUT2D eigenvalue weighted by Gasteiger charge is -2.03. The molecule has 8 heteroatoms. The standard InChI is InChI=1S/C9H14N6O2/c1-3-4-15-6-5(7(16)12-9(15)17)14(2)8(11-6)13-10/h3-4,10H2,1-2H3,(H,11,13)(H,12,16,17). The number of hydrazine groups is 1. The van der Waals surface area contributed by atoms with Crippen molar-refractivity contribution in [3.05, 3.63) is 20.8 Å². The normalized spacial score (nSPS) is 11.0. The predicted molar refractivity (Wildman–Crippen MR) is 63.7 cm³/mol. The molecule has 0 atom stereocenters. The van der Waals surface area contributed by atoms with E-state index in [2.05, 4.69) is 15.4 Å². The van der Waals surface area contributed by atoms with Crippen LogP contribution in [0.15, 0.2) is 9.59 Å². The summed E-state index contributed by atoms with van der Waals surface area (Å²) >= 11 is 0. The number of aromatic amines is 1. The third-order valence-corrected chi connectivity index (χ3v) is 2.59. The number of rotatable bonds is 3. The second-order valence-corrected chi connectivity index (χ2v) is 3.72. The van der Waals surface area contributed by atoms with Crippen LogP contribution in [0.2, 0.25) is 0 Å². The highest BCUT2D eigenvalue weighted by atomic mass is 16.2. The van der Waals surface area contributed by atoms with Gasteiger partial charge in [0.1, 0.15) is 0 Å². The molecule has 17 heavy (non-hydrogen) atoms. The molecule has 2 aromatic rings. The number of nitrogen functional groups attached to an aromatic ring is 1. The summed E-state index contributed by atoms with van der Waals surface area (Å²) in [6.45, 7) is 2.43. The van der Waals surface area contributed by atoms with Gasteiger partial charge in [-0.15, -0.1) is 0 Å². The van der Waals surface area contributed by atoms with Gasteiger partial charge in [0.15, 0.2) is 11.2 Å². The molecule has 92 valence electrons. The molecule has 0 aliphatic carbocycles. The SMILES string of the molecule is CCCn1c(=O)[nH]c(=O)c2c1nc(NN)n2C. The Kier molecular flexibility index (Phi) is 2.72. The average molecular weight is 238 g/mol. The van der Waals surface area contributed by atoms with Crippen LogP contribution in [-0.4, -0.2) is 19.1 Å². The van der Waals surface area contributed by atoms with Crippen LogP contribution in [0.3, 0.4) is 0 Å². The molecule has 0 saturated carbocycles. The van der Waals surface area contributed by atoms with Crippen molar-refractivity contribution in [3.63, 3.8) is 0 Å². The fourth-order valence-corrected chi connectivity index (χ4v) is 1.81. The Balaban J connectivity index is 2.92. The molecule has 2 heterocycles. The van der Waals surface area contributed by atoms with E-state index in [1.165, 1.54) is 9.13 Å². The molecule has 0 fully saturated rings.